The first-order valence-corrected chi connectivity index (χ1v) is 5.92. The molecule has 2 rings (SSSR count). The van der Waals surface area contributed by atoms with E-state index in [-0.39, 0.29) is 0 Å². The predicted octanol–water partition coefficient (Wildman–Crippen LogP) is 1.73. The van der Waals surface area contributed by atoms with E-state index in [9.17, 15) is 0 Å². The second-order valence-corrected chi connectivity index (χ2v) is 4.27. The molecule has 0 spiro atoms. The molecular formula is C13H18N4O. The first-order chi connectivity index (χ1) is 8.70. The van der Waals surface area contributed by atoms with E-state index in [0.29, 0.717) is 0 Å². The van der Waals surface area contributed by atoms with Crippen molar-refractivity contribution in [2.75, 3.05) is 19.0 Å². The quantitative estimate of drug-likeness (QED) is 0.870. The topological polar surface area (TPSA) is 54.2 Å². The first-order valence-electron chi connectivity index (χ1n) is 5.92. The minimum Gasteiger partial charge on any atom is -0.469 e. The largest absolute Gasteiger partial charge is 0.469 e. The van der Waals surface area contributed by atoms with Gasteiger partial charge in [-0.3, -0.25) is 0 Å². The third kappa shape index (κ3) is 2.87. The van der Waals surface area contributed by atoms with Crippen LogP contribution in [0.25, 0.3) is 0 Å². The molecule has 2 heterocycles. The molecule has 0 amide bonds. The third-order valence-electron chi connectivity index (χ3n) is 2.83. The van der Waals surface area contributed by atoms with Crippen LogP contribution >= 0.6 is 0 Å². The Kier molecular flexibility index (Phi) is 3.94. The summed E-state index contributed by atoms with van der Waals surface area (Å²) in [5.74, 6) is 1.80. The van der Waals surface area contributed by atoms with Gasteiger partial charge >= 0.3 is 0 Å². The molecule has 2 aromatic heterocycles. The second-order valence-electron chi connectivity index (χ2n) is 4.27. The molecule has 18 heavy (non-hydrogen) atoms. The van der Waals surface area contributed by atoms with E-state index in [4.69, 9.17) is 4.42 Å². The average Bonchev–Trinajstić information content (AvgIpc) is 2.76. The van der Waals surface area contributed by atoms with Crippen molar-refractivity contribution in [3.05, 3.63) is 41.5 Å². The molecule has 96 valence electrons. The molecule has 0 fully saturated rings. The molecule has 0 unspecified atom stereocenters. The highest BCUT2D eigenvalue weighted by Gasteiger charge is 2.08. The van der Waals surface area contributed by atoms with Crippen LogP contribution in [0.5, 0.6) is 0 Å². The van der Waals surface area contributed by atoms with Gasteiger partial charge in [-0.1, -0.05) is 0 Å². The van der Waals surface area contributed by atoms with Crippen molar-refractivity contribution in [2.24, 2.45) is 0 Å². The Morgan fingerprint density at radius 3 is 2.67 bits per heavy atom. The fraction of sp³-hybridized carbons (Fsp3) is 0.385. The Labute approximate surface area is 107 Å². The molecule has 0 saturated heterocycles. The molecule has 1 N–H and O–H groups in total. The third-order valence-corrected chi connectivity index (χ3v) is 2.83. The summed E-state index contributed by atoms with van der Waals surface area (Å²) in [7, 11) is 3.89. The molecule has 0 aromatic carbocycles. The number of aromatic nitrogens is 2. The van der Waals surface area contributed by atoms with Gasteiger partial charge in [0.15, 0.2) is 5.82 Å². The summed E-state index contributed by atoms with van der Waals surface area (Å²) in [4.78, 5) is 2.05. The second kappa shape index (κ2) is 5.64. The summed E-state index contributed by atoms with van der Waals surface area (Å²) in [5.41, 5.74) is 2.10. The minimum atomic E-state index is 0.734. The van der Waals surface area contributed by atoms with Crippen molar-refractivity contribution in [3.8, 4) is 0 Å². The molecule has 0 aliphatic carbocycles. The Morgan fingerprint density at radius 1 is 1.28 bits per heavy atom. The molecule has 0 aliphatic rings. The Bertz CT molecular complexity index is 492. The van der Waals surface area contributed by atoms with Crippen molar-refractivity contribution in [1.82, 2.24) is 15.5 Å². The number of hydrogen-bond acceptors (Lipinski definition) is 5. The van der Waals surface area contributed by atoms with Gasteiger partial charge in [-0.05, 0) is 32.2 Å². The van der Waals surface area contributed by atoms with Crippen molar-refractivity contribution >= 4 is 5.82 Å². The molecule has 2 aromatic rings. The number of nitrogens with one attached hydrogen (secondary N) is 1. The van der Waals surface area contributed by atoms with Crippen LogP contribution in [-0.4, -0.2) is 24.3 Å². The maximum atomic E-state index is 5.28. The molecule has 5 nitrogen and oxygen atoms in total. The summed E-state index contributed by atoms with van der Waals surface area (Å²) in [5, 5.41) is 11.4. The Hall–Kier alpha value is -1.88. The molecule has 0 saturated carbocycles. The van der Waals surface area contributed by atoms with Gasteiger partial charge in [0.1, 0.15) is 5.76 Å². The molecule has 5 heteroatoms. The highest BCUT2D eigenvalue weighted by atomic mass is 16.3. The number of rotatable bonds is 5. The number of furan rings is 1. The zero-order chi connectivity index (χ0) is 13.0. The van der Waals surface area contributed by atoms with E-state index in [1.165, 1.54) is 5.56 Å². The van der Waals surface area contributed by atoms with Crippen LogP contribution in [-0.2, 0) is 13.1 Å². The van der Waals surface area contributed by atoms with Gasteiger partial charge in [0, 0.05) is 25.7 Å². The van der Waals surface area contributed by atoms with Crippen LogP contribution in [0, 0.1) is 6.92 Å². The number of aryl methyl sites for hydroxylation is 1. The fourth-order valence-electron chi connectivity index (χ4n) is 1.74. The van der Waals surface area contributed by atoms with Gasteiger partial charge in [0.2, 0.25) is 0 Å². The molecule has 0 aliphatic heterocycles. The Morgan fingerprint density at radius 2 is 2.11 bits per heavy atom. The van der Waals surface area contributed by atoms with Gasteiger partial charge in [0.25, 0.3) is 0 Å². The summed E-state index contributed by atoms with van der Waals surface area (Å²) < 4.78 is 5.28. The number of hydrogen-bond donors (Lipinski definition) is 1. The number of anilines is 1. The van der Waals surface area contributed by atoms with Crippen LogP contribution < -0.4 is 10.2 Å². The lowest BCUT2D eigenvalue weighted by Crippen LogP contribution is -2.19. The zero-order valence-corrected chi connectivity index (χ0v) is 11.0. The lowest BCUT2D eigenvalue weighted by atomic mass is 10.2. The van der Waals surface area contributed by atoms with Crippen LogP contribution in [0.2, 0.25) is 0 Å². The highest BCUT2D eigenvalue weighted by Crippen LogP contribution is 2.15. The Balaban J connectivity index is 2.04. The summed E-state index contributed by atoms with van der Waals surface area (Å²) in [6, 6.07) is 5.95. The summed E-state index contributed by atoms with van der Waals surface area (Å²) >= 11 is 0. The minimum absolute atomic E-state index is 0.734. The monoisotopic (exact) mass is 246 g/mol. The van der Waals surface area contributed by atoms with Crippen molar-refractivity contribution in [1.29, 1.82) is 0 Å². The van der Waals surface area contributed by atoms with Crippen molar-refractivity contribution in [3.63, 3.8) is 0 Å². The van der Waals surface area contributed by atoms with E-state index in [1.54, 1.807) is 6.26 Å². The van der Waals surface area contributed by atoms with Crippen LogP contribution in [0.3, 0.4) is 0 Å². The van der Waals surface area contributed by atoms with E-state index < -0.39 is 0 Å². The fourth-order valence-corrected chi connectivity index (χ4v) is 1.74. The lowest BCUT2D eigenvalue weighted by Gasteiger charge is -2.17. The van der Waals surface area contributed by atoms with E-state index in [1.807, 2.05) is 44.1 Å². The van der Waals surface area contributed by atoms with Crippen LogP contribution in [0.15, 0.2) is 28.9 Å². The summed E-state index contributed by atoms with van der Waals surface area (Å²) in [6.45, 7) is 3.46. The van der Waals surface area contributed by atoms with Crippen molar-refractivity contribution in [2.45, 2.75) is 20.0 Å². The van der Waals surface area contributed by atoms with Gasteiger partial charge in [0.05, 0.1) is 12.0 Å². The van der Waals surface area contributed by atoms with E-state index in [0.717, 1.165) is 30.4 Å². The smallest absolute Gasteiger partial charge is 0.151 e. The maximum Gasteiger partial charge on any atom is 0.151 e. The normalized spacial score (nSPS) is 10.6. The maximum absolute atomic E-state index is 5.28. The van der Waals surface area contributed by atoms with Crippen LogP contribution in [0.1, 0.15) is 17.0 Å². The predicted molar refractivity (Wildman–Crippen MR) is 70.3 cm³/mol. The van der Waals surface area contributed by atoms with Gasteiger partial charge < -0.3 is 14.6 Å². The number of nitrogens with zero attached hydrogens (tertiary/aromatic N) is 3. The molecule has 0 bridgehead atoms. The highest BCUT2D eigenvalue weighted by molar-refractivity contribution is 5.37. The van der Waals surface area contributed by atoms with Crippen LogP contribution in [0.4, 0.5) is 5.82 Å². The van der Waals surface area contributed by atoms with Gasteiger partial charge in [-0.25, -0.2) is 0 Å². The molecule has 0 atom stereocenters. The average molecular weight is 246 g/mol. The van der Waals surface area contributed by atoms with Gasteiger partial charge in [-0.15, -0.1) is 5.10 Å². The molecular weight excluding hydrogens is 228 g/mol. The van der Waals surface area contributed by atoms with E-state index in [2.05, 4.69) is 15.5 Å². The SMILES string of the molecule is CNCc1ccc(N(C)Cc2ccoc2C)nn1. The van der Waals surface area contributed by atoms with Crippen molar-refractivity contribution < 1.29 is 4.42 Å². The summed E-state index contributed by atoms with van der Waals surface area (Å²) in [6.07, 6.45) is 1.71. The zero-order valence-electron chi connectivity index (χ0n) is 11.0. The van der Waals surface area contributed by atoms with Gasteiger partial charge in [-0.2, -0.15) is 5.10 Å². The standard InChI is InChI=1S/C13H18N4O/c1-10-11(6-7-18-10)9-17(3)13-5-4-12(8-14-2)15-16-13/h4-7,14H,8-9H2,1-3H3. The van der Waals surface area contributed by atoms with E-state index >= 15 is 0 Å². The lowest BCUT2D eigenvalue weighted by molar-refractivity contribution is 0.529. The first kappa shape index (κ1) is 12.6. The molecule has 0 radical (unpaired) electrons.